The van der Waals surface area contributed by atoms with Gasteiger partial charge in [-0.05, 0) is 67.3 Å². The van der Waals surface area contributed by atoms with Gasteiger partial charge in [0.25, 0.3) is 0 Å². The van der Waals surface area contributed by atoms with E-state index < -0.39 is 29.2 Å². The van der Waals surface area contributed by atoms with E-state index in [0.29, 0.717) is 31.7 Å². The van der Waals surface area contributed by atoms with Crippen LogP contribution in [0.25, 0.3) is 0 Å². The third kappa shape index (κ3) is 6.73. The van der Waals surface area contributed by atoms with Gasteiger partial charge in [0.1, 0.15) is 11.9 Å². The van der Waals surface area contributed by atoms with Crippen LogP contribution in [-0.4, -0.2) is 64.7 Å². The van der Waals surface area contributed by atoms with Gasteiger partial charge < -0.3 is 25.4 Å². The van der Waals surface area contributed by atoms with Gasteiger partial charge in [-0.2, -0.15) is 0 Å². The molecule has 33 heavy (non-hydrogen) atoms. The van der Waals surface area contributed by atoms with Crippen molar-refractivity contribution < 1.29 is 24.9 Å². The number of aliphatic hydroxyl groups excluding tert-OH is 3. The molecule has 1 heterocycles. The number of aliphatic hydroxyl groups is 3. The smallest absolute Gasteiger partial charge is 0.220 e. The van der Waals surface area contributed by atoms with Gasteiger partial charge in [-0.25, -0.2) is 10.9 Å². The van der Waals surface area contributed by atoms with Crippen molar-refractivity contribution in [3.8, 4) is 5.75 Å². The van der Waals surface area contributed by atoms with Crippen LogP contribution in [0.4, 0.5) is 0 Å². The van der Waals surface area contributed by atoms with Gasteiger partial charge in [-0.3, -0.25) is 4.79 Å². The molecule has 0 aromatic heterocycles. The topological polar surface area (TPSA) is 99.0 Å². The first-order valence-corrected chi connectivity index (χ1v) is 13.7. The molecule has 0 saturated carbocycles. The van der Waals surface area contributed by atoms with E-state index in [1.807, 2.05) is 37.3 Å². The summed E-state index contributed by atoms with van der Waals surface area (Å²) in [5, 5.41) is 33.4. The Morgan fingerprint density at radius 3 is 2.55 bits per heavy atom. The average Bonchev–Trinajstić information content (AvgIpc) is 2.78. The highest BCUT2D eigenvalue weighted by atomic mass is 32.2. The van der Waals surface area contributed by atoms with E-state index in [4.69, 9.17) is 4.74 Å². The number of ether oxygens (including phenoxy) is 1. The molecule has 5 atom stereocenters. The quantitative estimate of drug-likeness (QED) is 0.284. The molecule has 1 unspecified atom stereocenters. The minimum Gasteiger partial charge on any atom is -0.494 e. The number of rotatable bonds is 9. The molecule has 1 aliphatic rings. The van der Waals surface area contributed by atoms with Gasteiger partial charge in [0.15, 0.2) is 0 Å². The monoisotopic (exact) mass is 475 g/mol. The van der Waals surface area contributed by atoms with Crippen molar-refractivity contribution in [3.05, 3.63) is 64.7 Å². The molecule has 0 aliphatic carbocycles. The number of amides is 1. The van der Waals surface area contributed by atoms with Crippen molar-refractivity contribution in [2.24, 2.45) is 0 Å². The van der Waals surface area contributed by atoms with Crippen molar-refractivity contribution in [3.63, 3.8) is 0 Å². The van der Waals surface area contributed by atoms with Gasteiger partial charge in [0, 0.05) is 24.0 Å². The Morgan fingerprint density at radius 2 is 1.85 bits per heavy atom. The molecule has 6 nitrogen and oxygen atoms in total. The van der Waals surface area contributed by atoms with Crippen molar-refractivity contribution >= 4 is 16.8 Å². The molecule has 1 aliphatic heterocycles. The second-order valence-corrected chi connectivity index (χ2v) is 11.3. The van der Waals surface area contributed by atoms with Crippen molar-refractivity contribution in [1.82, 2.24) is 5.32 Å². The van der Waals surface area contributed by atoms with Crippen LogP contribution in [0.15, 0.2) is 42.5 Å². The highest BCUT2D eigenvalue weighted by molar-refractivity contribution is 8.16. The summed E-state index contributed by atoms with van der Waals surface area (Å²) in [6.07, 6.45) is 1.06. The number of thiol groups is 1. The maximum absolute atomic E-state index is 11.5. The number of carbonyl (C=O) groups excluding carboxylic acids is 1. The molecule has 4 N–H and O–H groups in total. The molecule has 3 rings (SSSR count). The van der Waals surface area contributed by atoms with E-state index >= 15 is 0 Å². The number of hydrogen-bond donors (Lipinski definition) is 5. The summed E-state index contributed by atoms with van der Waals surface area (Å²) in [4.78, 5) is 11.5. The Bertz CT molecular complexity index is 919. The number of nitrogens with one attached hydrogen (secondary N) is 1. The molecular formula is C26H37NO5S. The third-order valence-electron chi connectivity index (χ3n) is 6.24. The van der Waals surface area contributed by atoms with Crippen molar-refractivity contribution in [2.75, 3.05) is 25.2 Å². The van der Waals surface area contributed by atoms with Crippen LogP contribution in [0, 0.1) is 6.92 Å². The third-order valence-corrected chi connectivity index (χ3v) is 8.74. The van der Waals surface area contributed by atoms with Crippen LogP contribution >= 0.6 is 10.9 Å². The summed E-state index contributed by atoms with van der Waals surface area (Å²) in [5.74, 6) is 1.37. The molecule has 0 radical (unpaired) electrons. The van der Waals surface area contributed by atoms with Gasteiger partial charge in [0.2, 0.25) is 5.91 Å². The number of aryl methyl sites for hydroxylation is 1. The van der Waals surface area contributed by atoms with E-state index in [0.717, 1.165) is 23.3 Å². The molecule has 2 aromatic rings. The summed E-state index contributed by atoms with van der Waals surface area (Å²) in [6.45, 7) is 5.14. The first kappa shape index (κ1) is 25.6. The van der Waals surface area contributed by atoms with Crippen molar-refractivity contribution in [2.45, 2.75) is 56.7 Å². The fourth-order valence-corrected chi connectivity index (χ4v) is 6.74. The van der Waals surface area contributed by atoms with Crippen LogP contribution in [0.2, 0.25) is 0 Å². The first-order valence-electron chi connectivity index (χ1n) is 11.6. The van der Waals surface area contributed by atoms with E-state index in [-0.39, 0.29) is 11.2 Å². The van der Waals surface area contributed by atoms with Crippen LogP contribution in [0.3, 0.4) is 0 Å². The zero-order valence-electron chi connectivity index (χ0n) is 19.7. The summed E-state index contributed by atoms with van der Waals surface area (Å²) in [6, 6.07) is 14.3. The second kappa shape index (κ2) is 11.9. The summed E-state index contributed by atoms with van der Waals surface area (Å²) >= 11 is 0. The highest BCUT2D eigenvalue weighted by Crippen LogP contribution is 2.48. The summed E-state index contributed by atoms with van der Waals surface area (Å²) in [7, 11) is -0.638. The van der Waals surface area contributed by atoms with Crippen LogP contribution in [0.5, 0.6) is 5.75 Å². The van der Waals surface area contributed by atoms with Gasteiger partial charge >= 0.3 is 0 Å². The summed E-state index contributed by atoms with van der Waals surface area (Å²) in [5.41, 5.74) is 4.54. The molecule has 1 amide bonds. The molecule has 1 saturated heterocycles. The van der Waals surface area contributed by atoms with E-state index in [9.17, 15) is 20.1 Å². The van der Waals surface area contributed by atoms with Gasteiger partial charge in [-0.15, -0.1) is 0 Å². The Morgan fingerprint density at radius 1 is 1.12 bits per heavy atom. The number of benzene rings is 2. The van der Waals surface area contributed by atoms with E-state index in [1.54, 1.807) is 0 Å². The Balaban J connectivity index is 1.62. The molecule has 2 aromatic carbocycles. The van der Waals surface area contributed by atoms with E-state index in [2.05, 4.69) is 30.6 Å². The lowest BCUT2D eigenvalue weighted by Gasteiger charge is -2.42. The van der Waals surface area contributed by atoms with Crippen LogP contribution in [0.1, 0.15) is 47.3 Å². The molecule has 0 bridgehead atoms. The summed E-state index contributed by atoms with van der Waals surface area (Å²) < 4.78 is 5.75. The molecule has 0 spiro atoms. The SMILES string of the molecule is CCNC(=O)CCCOc1ccc(Cc2cc([C@H]3[C@H](O)[C@H](O)[C@H](O)C[SH]3C)ccc2C)cc1. The minimum atomic E-state index is -1.10. The average molecular weight is 476 g/mol. The standard InChI is InChI=1S/C26H37NO5S/c1-4-27-23(29)6-5-13-32-21-11-8-18(9-12-21)14-20-15-19(10-7-17(20)2)26-25(31)24(30)22(28)16-33(26)3/h7-12,15,22,24-26,28,30-31,33H,4-6,13-14,16H2,1-3H3,(H,27,29)/t22-,24-,25-,26+/m1/s1. The highest BCUT2D eigenvalue weighted by Gasteiger charge is 2.40. The Labute approximate surface area is 199 Å². The second-order valence-electron chi connectivity index (χ2n) is 8.85. The van der Waals surface area contributed by atoms with Gasteiger partial charge in [-0.1, -0.05) is 30.3 Å². The lowest BCUT2D eigenvalue weighted by Crippen LogP contribution is -2.47. The number of carbonyl (C=O) groups is 1. The lowest BCUT2D eigenvalue weighted by atomic mass is 9.94. The number of hydrogen-bond acceptors (Lipinski definition) is 5. The normalized spacial score (nSPS) is 26.1. The zero-order valence-corrected chi connectivity index (χ0v) is 20.6. The molecule has 7 heteroatoms. The Hall–Kier alpha value is -2.06. The fraction of sp³-hybridized carbons (Fsp3) is 0.500. The lowest BCUT2D eigenvalue weighted by molar-refractivity contribution is -0.121. The zero-order chi connectivity index (χ0) is 24.0. The van der Waals surface area contributed by atoms with Gasteiger partial charge in [0.05, 0.1) is 18.8 Å². The maximum Gasteiger partial charge on any atom is 0.220 e. The van der Waals surface area contributed by atoms with E-state index in [1.165, 1.54) is 11.1 Å². The molecule has 182 valence electrons. The first-order chi connectivity index (χ1) is 15.8. The van der Waals surface area contributed by atoms with Crippen molar-refractivity contribution in [1.29, 1.82) is 0 Å². The predicted molar refractivity (Wildman–Crippen MR) is 134 cm³/mol. The fourth-order valence-electron chi connectivity index (χ4n) is 4.34. The maximum atomic E-state index is 11.5. The molecular weight excluding hydrogens is 438 g/mol. The predicted octanol–water partition coefficient (Wildman–Crippen LogP) is 2.65. The molecule has 1 fully saturated rings. The van der Waals surface area contributed by atoms with Crippen LogP contribution < -0.4 is 10.1 Å². The Kier molecular flexibility index (Phi) is 9.20. The minimum absolute atomic E-state index is 0.0520. The van der Waals surface area contributed by atoms with Crippen LogP contribution in [-0.2, 0) is 11.2 Å². The largest absolute Gasteiger partial charge is 0.494 e.